The Hall–Kier alpha value is -4.59. The van der Waals surface area contributed by atoms with E-state index in [9.17, 15) is 14.4 Å². The van der Waals surface area contributed by atoms with Crippen molar-refractivity contribution in [2.24, 2.45) is 0 Å². The molecule has 0 aliphatic rings. The van der Waals surface area contributed by atoms with Crippen LogP contribution in [0, 0.1) is 0 Å². The van der Waals surface area contributed by atoms with E-state index in [1.807, 2.05) is 6.92 Å². The number of carbonyl (C=O) groups excluding carboxylic acids is 3. The third kappa shape index (κ3) is 8.04. The lowest BCUT2D eigenvalue weighted by Gasteiger charge is -2.09. The van der Waals surface area contributed by atoms with Gasteiger partial charge in [0.25, 0.3) is 11.8 Å². The Morgan fingerprint density at radius 1 is 0.857 bits per heavy atom. The summed E-state index contributed by atoms with van der Waals surface area (Å²) in [5.41, 5.74) is 2.29. The van der Waals surface area contributed by atoms with Crippen LogP contribution in [0.4, 0.5) is 11.4 Å². The van der Waals surface area contributed by atoms with Crippen LogP contribution in [0.1, 0.15) is 22.8 Å². The molecule has 0 heterocycles. The number of nitrogens with one attached hydrogen (secondary N) is 2. The molecule has 3 aromatic carbocycles. The summed E-state index contributed by atoms with van der Waals surface area (Å²) < 4.78 is 15.5. The van der Waals surface area contributed by atoms with Gasteiger partial charge in [0.1, 0.15) is 11.5 Å². The molecule has 0 aliphatic carbocycles. The van der Waals surface area contributed by atoms with Gasteiger partial charge in [0.15, 0.2) is 6.61 Å². The Balaban J connectivity index is 1.45. The molecular formula is C27H26N2O6. The largest absolute Gasteiger partial charge is 0.497 e. The topological polar surface area (TPSA) is 103 Å². The zero-order valence-electron chi connectivity index (χ0n) is 19.4. The number of esters is 1. The summed E-state index contributed by atoms with van der Waals surface area (Å²) in [7, 11) is 1.56. The highest BCUT2D eigenvalue weighted by atomic mass is 16.5. The third-order valence-electron chi connectivity index (χ3n) is 4.71. The van der Waals surface area contributed by atoms with E-state index in [4.69, 9.17) is 14.2 Å². The van der Waals surface area contributed by atoms with Crippen LogP contribution in [0.2, 0.25) is 0 Å². The standard InChI is InChI=1S/C27H26N2O6/c1-3-34-23-14-12-22(13-15-23)29-27(32)20-8-10-21(11-9-20)28-25(30)18-35-26(31)16-7-19-5-4-6-24(17-19)33-2/h4-17H,3,18H2,1-2H3,(H,28,30)(H,29,32)/b16-7+. The maximum Gasteiger partial charge on any atom is 0.331 e. The van der Waals surface area contributed by atoms with Crippen molar-refractivity contribution in [3.05, 3.63) is 90.0 Å². The molecule has 8 nitrogen and oxygen atoms in total. The zero-order valence-corrected chi connectivity index (χ0v) is 19.4. The van der Waals surface area contributed by atoms with Gasteiger partial charge in [0.05, 0.1) is 13.7 Å². The molecule has 180 valence electrons. The molecular weight excluding hydrogens is 448 g/mol. The molecule has 35 heavy (non-hydrogen) atoms. The Morgan fingerprint density at radius 3 is 2.23 bits per heavy atom. The summed E-state index contributed by atoms with van der Waals surface area (Å²) in [6.45, 7) is 2.02. The molecule has 0 aliphatic heterocycles. The fourth-order valence-electron chi connectivity index (χ4n) is 3.00. The molecule has 2 N–H and O–H groups in total. The van der Waals surface area contributed by atoms with Crippen LogP contribution in [0.5, 0.6) is 11.5 Å². The van der Waals surface area contributed by atoms with Gasteiger partial charge >= 0.3 is 5.97 Å². The number of anilines is 2. The second-order valence-electron chi connectivity index (χ2n) is 7.25. The van der Waals surface area contributed by atoms with E-state index in [2.05, 4.69) is 10.6 Å². The summed E-state index contributed by atoms with van der Waals surface area (Å²) in [6.07, 6.45) is 2.81. The second kappa shape index (κ2) is 12.6. The third-order valence-corrected chi connectivity index (χ3v) is 4.71. The number of carbonyl (C=O) groups is 3. The Labute approximate surface area is 203 Å². The first-order valence-electron chi connectivity index (χ1n) is 10.9. The van der Waals surface area contributed by atoms with Crippen LogP contribution in [0.25, 0.3) is 6.08 Å². The van der Waals surface area contributed by atoms with Crippen LogP contribution >= 0.6 is 0 Å². The smallest absolute Gasteiger partial charge is 0.331 e. The molecule has 3 rings (SSSR count). The minimum Gasteiger partial charge on any atom is -0.497 e. The Bertz CT molecular complexity index is 1190. The van der Waals surface area contributed by atoms with E-state index in [1.165, 1.54) is 6.08 Å². The predicted molar refractivity (Wildman–Crippen MR) is 134 cm³/mol. The highest BCUT2D eigenvalue weighted by molar-refractivity contribution is 6.04. The van der Waals surface area contributed by atoms with Crippen molar-refractivity contribution < 1.29 is 28.6 Å². The number of methoxy groups -OCH3 is 1. The molecule has 0 atom stereocenters. The van der Waals surface area contributed by atoms with Gasteiger partial charge in [-0.1, -0.05) is 12.1 Å². The molecule has 0 saturated heterocycles. The second-order valence-corrected chi connectivity index (χ2v) is 7.25. The van der Waals surface area contributed by atoms with Crippen LogP contribution in [0.15, 0.2) is 78.9 Å². The molecule has 0 aromatic heterocycles. The fraction of sp³-hybridized carbons (Fsp3) is 0.148. The Morgan fingerprint density at radius 2 is 1.54 bits per heavy atom. The number of ether oxygens (including phenoxy) is 3. The normalized spacial score (nSPS) is 10.5. The molecule has 8 heteroatoms. The van der Waals surface area contributed by atoms with Gasteiger partial charge in [0, 0.05) is 23.0 Å². The molecule has 0 spiro atoms. The van der Waals surface area contributed by atoms with E-state index in [1.54, 1.807) is 86.0 Å². The highest BCUT2D eigenvalue weighted by Crippen LogP contribution is 2.17. The zero-order chi connectivity index (χ0) is 25.0. The van der Waals surface area contributed by atoms with Crippen molar-refractivity contribution in [1.29, 1.82) is 0 Å². The first-order chi connectivity index (χ1) is 17.0. The number of amides is 2. The van der Waals surface area contributed by atoms with Gasteiger partial charge in [-0.3, -0.25) is 9.59 Å². The van der Waals surface area contributed by atoms with E-state index >= 15 is 0 Å². The van der Waals surface area contributed by atoms with Crippen molar-refractivity contribution in [2.75, 3.05) is 31.0 Å². The SMILES string of the molecule is CCOc1ccc(NC(=O)c2ccc(NC(=O)COC(=O)/C=C/c3cccc(OC)c3)cc2)cc1. The van der Waals surface area contributed by atoms with E-state index in [0.717, 1.165) is 11.3 Å². The lowest BCUT2D eigenvalue weighted by atomic mass is 10.2. The average Bonchev–Trinajstić information content (AvgIpc) is 2.88. The molecule has 0 radical (unpaired) electrons. The predicted octanol–water partition coefficient (Wildman–Crippen LogP) is 4.54. The number of hydrogen-bond donors (Lipinski definition) is 2. The van der Waals surface area contributed by atoms with Crippen LogP contribution < -0.4 is 20.1 Å². The van der Waals surface area contributed by atoms with Crippen molar-refractivity contribution >= 4 is 35.2 Å². The van der Waals surface area contributed by atoms with Crippen molar-refractivity contribution in [1.82, 2.24) is 0 Å². The van der Waals surface area contributed by atoms with Crippen molar-refractivity contribution in [2.45, 2.75) is 6.92 Å². The number of rotatable bonds is 10. The van der Waals surface area contributed by atoms with Gasteiger partial charge in [-0.25, -0.2) is 4.79 Å². The number of hydrogen-bond acceptors (Lipinski definition) is 6. The monoisotopic (exact) mass is 474 g/mol. The maximum atomic E-state index is 12.4. The van der Waals surface area contributed by atoms with E-state index in [0.29, 0.717) is 29.3 Å². The van der Waals surface area contributed by atoms with E-state index in [-0.39, 0.29) is 5.91 Å². The lowest BCUT2D eigenvalue weighted by Crippen LogP contribution is -2.20. The quantitative estimate of drug-likeness (QED) is 0.330. The molecule has 2 amide bonds. The van der Waals surface area contributed by atoms with E-state index < -0.39 is 18.5 Å². The van der Waals surface area contributed by atoms with Crippen LogP contribution in [-0.4, -0.2) is 38.1 Å². The minimum absolute atomic E-state index is 0.288. The lowest BCUT2D eigenvalue weighted by molar-refractivity contribution is -0.142. The van der Waals surface area contributed by atoms with Gasteiger partial charge in [0.2, 0.25) is 0 Å². The van der Waals surface area contributed by atoms with Gasteiger partial charge in [-0.2, -0.15) is 0 Å². The van der Waals surface area contributed by atoms with Crippen molar-refractivity contribution in [3.8, 4) is 11.5 Å². The number of benzene rings is 3. The molecule has 3 aromatic rings. The van der Waals surface area contributed by atoms with Crippen molar-refractivity contribution in [3.63, 3.8) is 0 Å². The molecule has 0 saturated carbocycles. The minimum atomic E-state index is -0.649. The molecule has 0 unspecified atom stereocenters. The van der Waals surface area contributed by atoms with Gasteiger partial charge < -0.3 is 24.8 Å². The first-order valence-corrected chi connectivity index (χ1v) is 10.9. The van der Waals surface area contributed by atoms with Gasteiger partial charge in [-0.05, 0) is 79.2 Å². The fourth-order valence-corrected chi connectivity index (χ4v) is 3.00. The summed E-state index contributed by atoms with van der Waals surface area (Å²) in [5, 5.41) is 5.42. The summed E-state index contributed by atoms with van der Waals surface area (Å²) >= 11 is 0. The summed E-state index contributed by atoms with van der Waals surface area (Å²) in [4.78, 5) is 36.4. The Kier molecular flexibility index (Phi) is 9.01. The first kappa shape index (κ1) is 25.0. The molecule has 0 bridgehead atoms. The highest BCUT2D eigenvalue weighted by Gasteiger charge is 2.09. The maximum absolute atomic E-state index is 12.4. The van der Waals surface area contributed by atoms with Gasteiger partial charge in [-0.15, -0.1) is 0 Å². The van der Waals surface area contributed by atoms with Crippen LogP contribution in [0.3, 0.4) is 0 Å². The summed E-state index contributed by atoms with van der Waals surface area (Å²) in [6, 6.07) is 20.6. The summed E-state index contributed by atoms with van der Waals surface area (Å²) in [5.74, 6) is -0.0449. The van der Waals surface area contributed by atoms with Crippen LogP contribution in [-0.2, 0) is 14.3 Å². The average molecular weight is 475 g/mol. The molecule has 0 fully saturated rings.